The number of carboxylic acid groups (broad SMARTS) is 1. The summed E-state index contributed by atoms with van der Waals surface area (Å²) in [5, 5.41) is 100. The Morgan fingerprint density at radius 1 is 0.750 bits per heavy atom. The highest BCUT2D eigenvalue weighted by atomic mass is 16.7. The highest BCUT2D eigenvalue weighted by Crippen LogP contribution is 2.35. The monoisotopic (exact) mass is 624 g/mol. The molecular weight excluding hydrogens is 596 g/mol. The van der Waals surface area contributed by atoms with Crippen LogP contribution >= 0.6 is 0 Å². The number of ether oxygens (including phenoxy) is 4. The van der Waals surface area contributed by atoms with Crippen molar-refractivity contribution in [2.45, 2.75) is 61.4 Å². The van der Waals surface area contributed by atoms with Gasteiger partial charge in [0, 0.05) is 23.8 Å². The molecule has 0 radical (unpaired) electrons. The third-order valence-corrected chi connectivity index (χ3v) is 7.20. The zero-order valence-electron chi connectivity index (χ0n) is 22.3. The summed E-state index contributed by atoms with van der Waals surface area (Å²) in [5.74, 6) is -3.41. The molecule has 10 N–H and O–H groups in total. The molecule has 0 spiro atoms. The van der Waals surface area contributed by atoms with Gasteiger partial charge in [-0.05, 0) is 18.2 Å². The minimum atomic E-state index is -1.97. The van der Waals surface area contributed by atoms with Crippen LogP contribution in [0.3, 0.4) is 0 Å². The van der Waals surface area contributed by atoms with E-state index in [0.717, 1.165) is 24.3 Å². The molecule has 0 unspecified atom stereocenters. The minimum Gasteiger partial charge on any atom is -0.507 e. The van der Waals surface area contributed by atoms with Crippen molar-refractivity contribution in [3.8, 4) is 34.3 Å². The highest BCUT2D eigenvalue weighted by molar-refractivity contribution is 5.86. The molecule has 5 rings (SSSR count). The van der Waals surface area contributed by atoms with Crippen molar-refractivity contribution in [1.82, 2.24) is 0 Å². The van der Waals surface area contributed by atoms with Gasteiger partial charge in [0.15, 0.2) is 29.3 Å². The van der Waals surface area contributed by atoms with E-state index in [1.165, 1.54) is 12.1 Å². The number of aliphatic hydroxyl groups is 6. The lowest BCUT2D eigenvalue weighted by Crippen LogP contribution is -2.62. The third-order valence-electron chi connectivity index (χ3n) is 7.20. The molecule has 0 saturated carbocycles. The van der Waals surface area contributed by atoms with Gasteiger partial charge in [0.2, 0.25) is 6.29 Å². The van der Waals surface area contributed by atoms with Crippen molar-refractivity contribution in [2.24, 2.45) is 0 Å². The quantitative estimate of drug-likeness (QED) is 0.123. The number of aliphatic hydroxyl groups excluding tert-OH is 6. The maximum Gasteiger partial charge on any atom is 0.335 e. The van der Waals surface area contributed by atoms with Gasteiger partial charge in [-0.1, -0.05) is 0 Å². The number of fused-ring (bicyclic) bond motifs is 1. The molecule has 2 aliphatic rings. The molecule has 2 fully saturated rings. The zero-order chi connectivity index (χ0) is 32.0. The van der Waals surface area contributed by atoms with Crippen LogP contribution in [0.4, 0.5) is 0 Å². The Hall–Kier alpha value is -4.04. The van der Waals surface area contributed by atoms with Gasteiger partial charge in [0.05, 0.1) is 6.61 Å². The second kappa shape index (κ2) is 12.2. The van der Waals surface area contributed by atoms with Gasteiger partial charge in [-0.3, -0.25) is 4.79 Å². The summed E-state index contributed by atoms with van der Waals surface area (Å²) in [6.07, 6.45) is -18.4. The first-order valence-corrected chi connectivity index (χ1v) is 13.0. The van der Waals surface area contributed by atoms with Crippen LogP contribution in [-0.4, -0.2) is 125 Å². The van der Waals surface area contributed by atoms with Crippen LogP contribution in [0.1, 0.15) is 0 Å². The predicted octanol–water partition coefficient (Wildman–Crippen LogP) is -2.33. The fourth-order valence-corrected chi connectivity index (χ4v) is 4.80. The Bertz CT molecular complexity index is 1590. The summed E-state index contributed by atoms with van der Waals surface area (Å²) in [5.41, 5.74) is -0.657. The van der Waals surface area contributed by atoms with E-state index in [9.17, 15) is 60.7 Å². The van der Waals surface area contributed by atoms with Gasteiger partial charge in [-0.25, -0.2) is 4.79 Å². The van der Waals surface area contributed by atoms with Crippen LogP contribution in [0.15, 0.2) is 45.6 Å². The van der Waals surface area contributed by atoms with E-state index in [0.29, 0.717) is 0 Å². The SMILES string of the molecule is O=C(O)[C@@H]1O[C@H](OC[C@H]2O[C@@H](Oc3cc(O)c4c(=O)cc(-c5ccc(O)c(O)c5)oc4c3)[C@H](O)[C@@H](O)[C@@H]2O)[C@H](O)[C@@H](O)[C@H]1O. The Kier molecular flexibility index (Phi) is 8.67. The second-order valence-corrected chi connectivity index (χ2v) is 10.2. The van der Waals surface area contributed by atoms with E-state index in [1.807, 2.05) is 0 Å². The number of carbonyl (C=O) groups is 1. The number of phenolic OH excluding ortho intramolecular Hbond substituents is 3. The first-order valence-electron chi connectivity index (χ1n) is 13.0. The summed E-state index contributed by atoms with van der Waals surface area (Å²) >= 11 is 0. The summed E-state index contributed by atoms with van der Waals surface area (Å²) in [7, 11) is 0. The molecule has 0 amide bonds. The van der Waals surface area contributed by atoms with Gasteiger partial charge in [0.1, 0.15) is 71.0 Å². The second-order valence-electron chi connectivity index (χ2n) is 10.2. The molecule has 0 bridgehead atoms. The van der Waals surface area contributed by atoms with Crippen LogP contribution in [0.25, 0.3) is 22.3 Å². The summed E-state index contributed by atoms with van der Waals surface area (Å²) in [6, 6.07) is 6.88. The van der Waals surface area contributed by atoms with E-state index < -0.39 is 96.7 Å². The first-order chi connectivity index (χ1) is 20.8. The van der Waals surface area contributed by atoms with Crippen molar-refractivity contribution < 1.29 is 79.2 Å². The minimum absolute atomic E-state index is 0.0473. The van der Waals surface area contributed by atoms with Crippen LogP contribution in [0.5, 0.6) is 23.0 Å². The first kappa shape index (κ1) is 31.4. The van der Waals surface area contributed by atoms with Crippen LogP contribution in [0.2, 0.25) is 0 Å². The molecule has 2 aromatic carbocycles. The van der Waals surface area contributed by atoms with Crippen molar-refractivity contribution in [1.29, 1.82) is 0 Å². The van der Waals surface area contributed by atoms with E-state index in [4.69, 9.17) is 23.4 Å². The summed E-state index contributed by atoms with van der Waals surface area (Å²) in [6.45, 7) is -0.706. The number of rotatable bonds is 7. The largest absolute Gasteiger partial charge is 0.507 e. The Labute approximate surface area is 245 Å². The van der Waals surface area contributed by atoms with E-state index >= 15 is 0 Å². The van der Waals surface area contributed by atoms with E-state index in [-0.39, 0.29) is 28.0 Å². The predicted molar refractivity (Wildman–Crippen MR) is 140 cm³/mol. The number of phenols is 3. The summed E-state index contributed by atoms with van der Waals surface area (Å²) < 4.78 is 27.1. The van der Waals surface area contributed by atoms with Gasteiger partial charge < -0.3 is 74.4 Å². The Morgan fingerprint density at radius 3 is 2.11 bits per heavy atom. The van der Waals surface area contributed by atoms with Gasteiger partial charge >= 0.3 is 5.97 Å². The van der Waals surface area contributed by atoms with E-state index in [2.05, 4.69) is 0 Å². The molecule has 17 heteroatoms. The number of hydrogen-bond donors (Lipinski definition) is 10. The highest BCUT2D eigenvalue weighted by Gasteiger charge is 2.49. The average molecular weight is 625 g/mol. The molecule has 1 aromatic heterocycles. The van der Waals surface area contributed by atoms with Crippen LogP contribution in [0, 0.1) is 0 Å². The smallest absolute Gasteiger partial charge is 0.335 e. The lowest BCUT2D eigenvalue weighted by molar-refractivity contribution is -0.318. The maximum absolute atomic E-state index is 12.7. The van der Waals surface area contributed by atoms with Crippen LogP contribution < -0.4 is 10.2 Å². The van der Waals surface area contributed by atoms with Gasteiger partial charge in [-0.15, -0.1) is 0 Å². The normalized spacial score (nSPS) is 32.4. The molecular formula is C27H28O17. The molecule has 17 nitrogen and oxygen atoms in total. The van der Waals surface area contributed by atoms with Crippen molar-refractivity contribution >= 4 is 16.9 Å². The Morgan fingerprint density at radius 2 is 1.43 bits per heavy atom. The molecule has 3 aromatic rings. The van der Waals surface area contributed by atoms with Gasteiger partial charge in [0.25, 0.3) is 0 Å². The molecule has 44 heavy (non-hydrogen) atoms. The average Bonchev–Trinajstić information content (AvgIpc) is 2.97. The molecule has 2 saturated heterocycles. The molecule has 2 aliphatic heterocycles. The Balaban J connectivity index is 1.36. The lowest BCUT2D eigenvalue weighted by Gasteiger charge is -2.42. The fraction of sp³-hybridized carbons (Fsp3) is 0.407. The summed E-state index contributed by atoms with van der Waals surface area (Å²) in [4.78, 5) is 24.1. The molecule has 238 valence electrons. The number of aliphatic carboxylic acids is 1. The molecule has 3 heterocycles. The fourth-order valence-electron chi connectivity index (χ4n) is 4.80. The van der Waals surface area contributed by atoms with Crippen molar-refractivity contribution in [3.63, 3.8) is 0 Å². The van der Waals surface area contributed by atoms with Crippen molar-refractivity contribution in [2.75, 3.05) is 6.61 Å². The topological polar surface area (TPSA) is 286 Å². The lowest BCUT2D eigenvalue weighted by atomic mass is 9.98. The number of aromatic hydroxyl groups is 3. The number of carboxylic acids is 1. The van der Waals surface area contributed by atoms with Crippen LogP contribution in [-0.2, 0) is 19.0 Å². The standard InChI is InChI=1S/C27H28O17/c28-10-2-1-8(3-11(10)29)14-6-13(31)17-12(30)4-9(5-15(17)42-14)41-27-23(37)19(33)18(32)16(43-27)7-40-26-22(36)20(34)21(35)24(44-26)25(38)39/h1-6,16,18-24,26-30,32-37H,7H2,(H,38,39)/t16-,18-,19+,20+,21-,22-,23-,24-,26+,27-/m1/s1. The van der Waals surface area contributed by atoms with Crippen molar-refractivity contribution in [3.05, 3.63) is 46.6 Å². The van der Waals surface area contributed by atoms with Gasteiger partial charge in [-0.2, -0.15) is 0 Å². The maximum atomic E-state index is 12.7. The zero-order valence-corrected chi connectivity index (χ0v) is 22.3. The molecule has 0 aliphatic carbocycles. The molecule has 10 atom stereocenters. The number of benzene rings is 2. The third kappa shape index (κ3) is 5.87. The van der Waals surface area contributed by atoms with E-state index in [1.54, 1.807) is 0 Å². The number of hydrogen-bond acceptors (Lipinski definition) is 16.